The van der Waals surface area contributed by atoms with Gasteiger partial charge < -0.3 is 10.6 Å². The van der Waals surface area contributed by atoms with Gasteiger partial charge >= 0.3 is 6.18 Å². The zero-order chi connectivity index (χ0) is 17.6. The summed E-state index contributed by atoms with van der Waals surface area (Å²) in [6.07, 6.45) is -1.27. The Hall–Kier alpha value is -2.57. The summed E-state index contributed by atoms with van der Waals surface area (Å²) in [5.41, 5.74) is -0.494. The van der Waals surface area contributed by atoms with Gasteiger partial charge in [0.05, 0.1) is 16.8 Å². The normalized spacial score (nSPS) is 11.2. The third-order valence-corrected chi connectivity index (χ3v) is 3.34. The van der Waals surface area contributed by atoms with Crippen molar-refractivity contribution in [2.45, 2.75) is 25.9 Å². The Bertz CT molecular complexity index is 684. The van der Waals surface area contributed by atoms with E-state index >= 15 is 0 Å². The topological polar surface area (TPSA) is 54.0 Å². The molecule has 7 heteroatoms. The number of nitrogens with one attached hydrogen (secondary N) is 2. The molecule has 0 saturated heterocycles. The van der Waals surface area contributed by atoms with Gasteiger partial charge in [-0.3, -0.25) is 4.79 Å². The molecule has 0 unspecified atom stereocenters. The number of unbranched alkanes of at least 4 members (excludes halogenated alkanes) is 1. The third kappa shape index (κ3) is 4.71. The maximum absolute atomic E-state index is 13.0. The SMILES string of the molecule is CCCCNC(=O)c1ccc(Nc2ccccc2C(F)(F)F)nc1. The lowest BCUT2D eigenvalue weighted by Gasteiger charge is -2.14. The van der Waals surface area contributed by atoms with Crippen LogP contribution in [0.2, 0.25) is 0 Å². The number of aromatic nitrogens is 1. The molecule has 4 nitrogen and oxygen atoms in total. The lowest BCUT2D eigenvalue weighted by atomic mass is 10.1. The van der Waals surface area contributed by atoms with E-state index in [0.29, 0.717) is 12.1 Å². The van der Waals surface area contributed by atoms with Crippen LogP contribution < -0.4 is 10.6 Å². The first-order valence-corrected chi connectivity index (χ1v) is 7.59. The molecule has 0 radical (unpaired) electrons. The van der Waals surface area contributed by atoms with Crippen LogP contribution in [0.25, 0.3) is 0 Å². The van der Waals surface area contributed by atoms with Crippen LogP contribution in [0.5, 0.6) is 0 Å². The van der Waals surface area contributed by atoms with Crippen molar-refractivity contribution in [2.24, 2.45) is 0 Å². The summed E-state index contributed by atoms with van der Waals surface area (Å²) >= 11 is 0. The number of hydrogen-bond acceptors (Lipinski definition) is 3. The lowest BCUT2D eigenvalue weighted by Crippen LogP contribution is -2.24. The summed E-state index contributed by atoms with van der Waals surface area (Å²) in [6, 6.07) is 8.15. The van der Waals surface area contributed by atoms with Crippen LogP contribution in [0.4, 0.5) is 24.7 Å². The Labute approximate surface area is 138 Å². The fourth-order valence-electron chi connectivity index (χ4n) is 2.06. The fourth-order valence-corrected chi connectivity index (χ4v) is 2.06. The molecule has 24 heavy (non-hydrogen) atoms. The van der Waals surface area contributed by atoms with Crippen LogP contribution in [-0.2, 0) is 6.18 Å². The highest BCUT2D eigenvalue weighted by atomic mass is 19.4. The van der Waals surface area contributed by atoms with Crippen LogP contribution in [-0.4, -0.2) is 17.4 Å². The van der Waals surface area contributed by atoms with Gasteiger partial charge in [0, 0.05) is 12.7 Å². The second-order valence-electron chi connectivity index (χ2n) is 5.21. The smallest absolute Gasteiger partial charge is 0.352 e. The molecule has 0 aliphatic carbocycles. The first kappa shape index (κ1) is 17.8. The van der Waals surface area contributed by atoms with E-state index in [4.69, 9.17) is 0 Å². The van der Waals surface area contributed by atoms with Crippen molar-refractivity contribution >= 4 is 17.4 Å². The number of carbonyl (C=O) groups excluding carboxylic acids is 1. The van der Waals surface area contributed by atoms with E-state index in [1.165, 1.54) is 36.5 Å². The number of hydrogen-bond donors (Lipinski definition) is 2. The van der Waals surface area contributed by atoms with Crippen molar-refractivity contribution in [3.8, 4) is 0 Å². The summed E-state index contributed by atoms with van der Waals surface area (Å²) in [7, 11) is 0. The lowest BCUT2D eigenvalue weighted by molar-refractivity contribution is -0.136. The standard InChI is InChI=1S/C17H18F3N3O/c1-2-3-10-21-16(24)12-8-9-15(22-11-12)23-14-7-5-4-6-13(14)17(18,19)20/h4-9,11H,2-3,10H2,1H3,(H,21,24)(H,22,23). The van der Waals surface area contributed by atoms with E-state index in [2.05, 4.69) is 15.6 Å². The molecule has 1 aromatic heterocycles. The van der Waals surface area contributed by atoms with Crippen molar-refractivity contribution in [2.75, 3.05) is 11.9 Å². The minimum atomic E-state index is -4.46. The number of anilines is 2. The van der Waals surface area contributed by atoms with Crippen molar-refractivity contribution in [3.05, 3.63) is 53.7 Å². The Kier molecular flexibility index (Phi) is 5.78. The summed E-state index contributed by atoms with van der Waals surface area (Å²) in [6.45, 7) is 2.60. The molecule has 0 aliphatic heterocycles. The number of pyridine rings is 1. The molecule has 2 rings (SSSR count). The van der Waals surface area contributed by atoms with Crippen molar-refractivity contribution < 1.29 is 18.0 Å². The van der Waals surface area contributed by atoms with E-state index in [9.17, 15) is 18.0 Å². The molecule has 0 atom stereocenters. The van der Waals surface area contributed by atoms with Crippen LogP contribution in [0.1, 0.15) is 35.7 Å². The second-order valence-corrected chi connectivity index (χ2v) is 5.21. The zero-order valence-corrected chi connectivity index (χ0v) is 13.2. The van der Waals surface area contributed by atoms with Gasteiger partial charge in [-0.05, 0) is 30.7 Å². The van der Waals surface area contributed by atoms with Gasteiger partial charge in [0.15, 0.2) is 0 Å². The Balaban J connectivity index is 2.09. The molecular formula is C17H18F3N3O. The minimum absolute atomic E-state index is 0.0855. The van der Waals surface area contributed by atoms with Crippen LogP contribution >= 0.6 is 0 Å². The van der Waals surface area contributed by atoms with E-state index in [1.54, 1.807) is 0 Å². The molecule has 1 aromatic carbocycles. The van der Waals surface area contributed by atoms with Crippen LogP contribution in [0.15, 0.2) is 42.6 Å². The number of amides is 1. The maximum Gasteiger partial charge on any atom is 0.418 e. The molecule has 1 heterocycles. The summed E-state index contributed by atoms with van der Waals surface area (Å²) < 4.78 is 38.9. The number of rotatable bonds is 6. The summed E-state index contributed by atoms with van der Waals surface area (Å²) in [5.74, 6) is -0.0185. The van der Waals surface area contributed by atoms with Gasteiger partial charge in [-0.1, -0.05) is 25.5 Å². The van der Waals surface area contributed by atoms with E-state index in [0.717, 1.165) is 18.9 Å². The molecule has 0 saturated carbocycles. The van der Waals surface area contributed by atoms with E-state index in [-0.39, 0.29) is 17.4 Å². The molecule has 0 aliphatic rings. The molecule has 128 valence electrons. The van der Waals surface area contributed by atoms with Gasteiger partial charge in [0.25, 0.3) is 5.91 Å². The average molecular weight is 337 g/mol. The highest BCUT2D eigenvalue weighted by Crippen LogP contribution is 2.35. The number of benzene rings is 1. The quantitative estimate of drug-likeness (QED) is 0.770. The Morgan fingerprint density at radius 3 is 2.54 bits per heavy atom. The molecule has 0 fully saturated rings. The third-order valence-electron chi connectivity index (χ3n) is 3.34. The first-order valence-electron chi connectivity index (χ1n) is 7.59. The monoisotopic (exact) mass is 337 g/mol. The number of alkyl halides is 3. The summed E-state index contributed by atoms with van der Waals surface area (Å²) in [4.78, 5) is 15.9. The van der Waals surface area contributed by atoms with Gasteiger partial charge in [-0.15, -0.1) is 0 Å². The average Bonchev–Trinajstić information content (AvgIpc) is 2.55. The Morgan fingerprint density at radius 1 is 1.17 bits per heavy atom. The molecule has 2 aromatic rings. The predicted octanol–water partition coefficient (Wildman–Crippen LogP) is 4.37. The van der Waals surface area contributed by atoms with E-state index in [1.807, 2.05) is 6.92 Å². The number of nitrogens with zero attached hydrogens (tertiary/aromatic N) is 1. The number of carbonyl (C=O) groups is 1. The molecule has 0 bridgehead atoms. The number of para-hydroxylation sites is 1. The highest BCUT2D eigenvalue weighted by Gasteiger charge is 2.33. The van der Waals surface area contributed by atoms with Crippen LogP contribution in [0, 0.1) is 0 Å². The minimum Gasteiger partial charge on any atom is -0.352 e. The van der Waals surface area contributed by atoms with Gasteiger partial charge in [-0.25, -0.2) is 4.98 Å². The maximum atomic E-state index is 13.0. The Morgan fingerprint density at radius 2 is 1.92 bits per heavy atom. The van der Waals surface area contributed by atoms with Gasteiger partial charge in [0.2, 0.25) is 0 Å². The first-order chi connectivity index (χ1) is 11.4. The molecular weight excluding hydrogens is 319 g/mol. The molecule has 1 amide bonds. The largest absolute Gasteiger partial charge is 0.418 e. The van der Waals surface area contributed by atoms with Crippen molar-refractivity contribution in [1.82, 2.24) is 10.3 Å². The van der Waals surface area contributed by atoms with Gasteiger partial charge in [-0.2, -0.15) is 13.2 Å². The second kappa shape index (κ2) is 7.81. The van der Waals surface area contributed by atoms with Crippen LogP contribution in [0.3, 0.4) is 0 Å². The summed E-state index contributed by atoms with van der Waals surface area (Å²) in [5, 5.41) is 5.38. The van der Waals surface area contributed by atoms with Crippen molar-refractivity contribution in [1.29, 1.82) is 0 Å². The number of halogens is 3. The molecule has 2 N–H and O–H groups in total. The van der Waals surface area contributed by atoms with Gasteiger partial charge in [0.1, 0.15) is 5.82 Å². The molecule has 0 spiro atoms. The van der Waals surface area contributed by atoms with E-state index < -0.39 is 11.7 Å². The zero-order valence-electron chi connectivity index (χ0n) is 13.2. The predicted molar refractivity (Wildman–Crippen MR) is 86.2 cm³/mol. The highest BCUT2D eigenvalue weighted by molar-refractivity contribution is 5.94. The fraction of sp³-hybridized carbons (Fsp3) is 0.294. The van der Waals surface area contributed by atoms with Crippen molar-refractivity contribution in [3.63, 3.8) is 0 Å².